The molecule has 0 radical (unpaired) electrons. The first kappa shape index (κ1) is 10.3. The number of hydrogen-bond donors (Lipinski definition) is 0. The monoisotopic (exact) mass is 188 g/mol. The van der Waals surface area contributed by atoms with Gasteiger partial charge in [-0.25, -0.2) is 4.79 Å². The van der Waals surface area contributed by atoms with Crippen LogP contribution in [0, 0.1) is 0 Å². The molecule has 0 N–H and O–H groups in total. The zero-order chi connectivity index (χ0) is 10.4. The second-order valence-corrected chi connectivity index (χ2v) is 2.73. The van der Waals surface area contributed by atoms with Crippen molar-refractivity contribution in [2.45, 2.75) is 0 Å². The molecule has 1 aromatic rings. The predicted molar refractivity (Wildman–Crippen MR) is 57.6 cm³/mol. The normalized spacial score (nSPS) is 10.1. The first-order chi connectivity index (χ1) is 6.76. The summed E-state index contributed by atoms with van der Waals surface area (Å²) in [5.41, 5.74) is 2.02. The summed E-state index contributed by atoms with van der Waals surface area (Å²) >= 11 is 0. The van der Waals surface area contributed by atoms with Crippen LogP contribution in [0.2, 0.25) is 0 Å². The number of benzene rings is 1. The molecule has 14 heavy (non-hydrogen) atoms. The van der Waals surface area contributed by atoms with Gasteiger partial charge in [0.25, 0.3) is 0 Å². The van der Waals surface area contributed by atoms with Crippen LogP contribution >= 0.6 is 0 Å². The summed E-state index contributed by atoms with van der Waals surface area (Å²) in [6.45, 7) is 3.66. The number of carbonyl (C=O) groups excluding carboxylic acids is 1. The average Bonchev–Trinajstić information content (AvgIpc) is 2.26. The topological polar surface area (TPSA) is 26.3 Å². The van der Waals surface area contributed by atoms with Crippen LogP contribution in [0.4, 0.5) is 0 Å². The molecule has 0 bridgehead atoms. The van der Waals surface area contributed by atoms with Crippen molar-refractivity contribution in [3.05, 3.63) is 48.0 Å². The van der Waals surface area contributed by atoms with Crippen molar-refractivity contribution in [2.75, 3.05) is 7.11 Å². The lowest BCUT2D eigenvalue weighted by Crippen LogP contribution is -1.93. The van der Waals surface area contributed by atoms with Gasteiger partial charge in [-0.1, -0.05) is 36.9 Å². The highest BCUT2D eigenvalue weighted by molar-refractivity contribution is 5.86. The number of hydrogen-bond acceptors (Lipinski definition) is 2. The summed E-state index contributed by atoms with van der Waals surface area (Å²) in [6.07, 6.45) is 4.87. The van der Waals surface area contributed by atoms with Crippen LogP contribution in [0.25, 0.3) is 12.2 Å². The minimum absolute atomic E-state index is 0.349. The Kier molecular flexibility index (Phi) is 3.68. The van der Waals surface area contributed by atoms with Crippen molar-refractivity contribution in [1.29, 1.82) is 0 Å². The van der Waals surface area contributed by atoms with E-state index in [2.05, 4.69) is 11.3 Å². The van der Waals surface area contributed by atoms with E-state index in [0.717, 1.165) is 11.1 Å². The molecule has 0 aromatic heterocycles. The van der Waals surface area contributed by atoms with Gasteiger partial charge in [0.05, 0.1) is 7.11 Å². The van der Waals surface area contributed by atoms with E-state index >= 15 is 0 Å². The van der Waals surface area contributed by atoms with Gasteiger partial charge in [0, 0.05) is 6.08 Å². The lowest BCUT2D eigenvalue weighted by atomic mass is 10.1. The molecule has 0 amide bonds. The van der Waals surface area contributed by atoms with Crippen molar-refractivity contribution in [2.24, 2.45) is 0 Å². The molecule has 0 unspecified atom stereocenters. The van der Waals surface area contributed by atoms with E-state index in [4.69, 9.17) is 0 Å². The Balaban J connectivity index is 2.73. The summed E-state index contributed by atoms with van der Waals surface area (Å²) < 4.78 is 4.47. The first-order valence-electron chi connectivity index (χ1n) is 4.25. The van der Waals surface area contributed by atoms with Gasteiger partial charge in [-0.3, -0.25) is 0 Å². The van der Waals surface area contributed by atoms with Gasteiger partial charge >= 0.3 is 5.97 Å². The van der Waals surface area contributed by atoms with Crippen LogP contribution < -0.4 is 0 Å². The van der Waals surface area contributed by atoms with E-state index in [1.807, 2.05) is 24.3 Å². The molecule has 0 aliphatic heterocycles. The molecule has 72 valence electrons. The summed E-state index contributed by atoms with van der Waals surface area (Å²) in [5, 5.41) is 0. The molecule has 0 fully saturated rings. The molecule has 1 aromatic carbocycles. The van der Waals surface area contributed by atoms with Crippen molar-refractivity contribution < 1.29 is 9.53 Å². The van der Waals surface area contributed by atoms with Gasteiger partial charge in [-0.2, -0.15) is 0 Å². The van der Waals surface area contributed by atoms with Gasteiger partial charge in [-0.05, 0) is 17.2 Å². The SMILES string of the molecule is C=Cc1ccc(C=CC(=O)OC)cc1. The third-order valence-electron chi connectivity index (χ3n) is 1.79. The number of ether oxygens (including phenoxy) is 1. The van der Waals surface area contributed by atoms with Crippen LogP contribution in [0.1, 0.15) is 11.1 Å². The van der Waals surface area contributed by atoms with Gasteiger partial charge in [-0.15, -0.1) is 0 Å². The number of methoxy groups -OCH3 is 1. The standard InChI is InChI=1S/C12H12O2/c1-3-10-4-6-11(7-5-10)8-9-12(13)14-2/h3-9H,1H2,2H3. The molecular formula is C12H12O2. The summed E-state index contributed by atoms with van der Waals surface area (Å²) in [6, 6.07) is 7.70. The molecule has 0 saturated heterocycles. The molecule has 0 aliphatic rings. The van der Waals surface area contributed by atoms with E-state index in [-0.39, 0.29) is 5.97 Å². The third kappa shape index (κ3) is 2.90. The Morgan fingerprint density at radius 3 is 2.36 bits per heavy atom. The van der Waals surface area contributed by atoms with Gasteiger partial charge in [0.2, 0.25) is 0 Å². The fourth-order valence-electron chi connectivity index (χ4n) is 0.976. The molecule has 0 aliphatic carbocycles. The Morgan fingerprint density at radius 2 is 1.86 bits per heavy atom. The molecule has 2 heteroatoms. The maximum atomic E-state index is 10.8. The zero-order valence-corrected chi connectivity index (χ0v) is 8.07. The molecule has 2 nitrogen and oxygen atoms in total. The Morgan fingerprint density at radius 1 is 1.29 bits per heavy atom. The maximum Gasteiger partial charge on any atom is 0.330 e. The molecule has 0 atom stereocenters. The van der Waals surface area contributed by atoms with Crippen LogP contribution in [0.15, 0.2) is 36.9 Å². The highest BCUT2D eigenvalue weighted by Gasteiger charge is 1.91. The van der Waals surface area contributed by atoms with Crippen LogP contribution in [-0.2, 0) is 9.53 Å². The third-order valence-corrected chi connectivity index (χ3v) is 1.79. The van der Waals surface area contributed by atoms with E-state index in [9.17, 15) is 4.79 Å². The molecule has 0 spiro atoms. The van der Waals surface area contributed by atoms with Crippen molar-refractivity contribution >= 4 is 18.1 Å². The Hall–Kier alpha value is -1.83. The fourth-order valence-corrected chi connectivity index (χ4v) is 0.976. The minimum Gasteiger partial charge on any atom is -0.466 e. The second-order valence-electron chi connectivity index (χ2n) is 2.73. The highest BCUT2D eigenvalue weighted by Crippen LogP contribution is 2.06. The smallest absolute Gasteiger partial charge is 0.330 e. The predicted octanol–water partition coefficient (Wildman–Crippen LogP) is 2.52. The number of rotatable bonds is 3. The van der Waals surface area contributed by atoms with Gasteiger partial charge in [0.15, 0.2) is 0 Å². The number of esters is 1. The Labute approximate surface area is 83.5 Å². The van der Waals surface area contributed by atoms with Crippen LogP contribution in [0.5, 0.6) is 0 Å². The largest absolute Gasteiger partial charge is 0.466 e. The van der Waals surface area contributed by atoms with Crippen LogP contribution in [0.3, 0.4) is 0 Å². The quantitative estimate of drug-likeness (QED) is 0.538. The van der Waals surface area contributed by atoms with Gasteiger partial charge < -0.3 is 4.74 Å². The van der Waals surface area contributed by atoms with E-state index in [0.29, 0.717) is 0 Å². The van der Waals surface area contributed by atoms with E-state index in [1.54, 1.807) is 12.2 Å². The summed E-state index contributed by atoms with van der Waals surface area (Å²) in [7, 11) is 1.35. The lowest BCUT2D eigenvalue weighted by Gasteiger charge is -1.94. The van der Waals surface area contributed by atoms with Gasteiger partial charge in [0.1, 0.15) is 0 Å². The van der Waals surface area contributed by atoms with Crippen molar-refractivity contribution in [3.8, 4) is 0 Å². The van der Waals surface area contributed by atoms with E-state index < -0.39 is 0 Å². The molecular weight excluding hydrogens is 176 g/mol. The van der Waals surface area contributed by atoms with Crippen molar-refractivity contribution in [1.82, 2.24) is 0 Å². The summed E-state index contributed by atoms with van der Waals surface area (Å²) in [4.78, 5) is 10.8. The average molecular weight is 188 g/mol. The van der Waals surface area contributed by atoms with Crippen LogP contribution in [-0.4, -0.2) is 13.1 Å². The fraction of sp³-hybridized carbons (Fsp3) is 0.0833. The molecule has 0 saturated carbocycles. The number of carbonyl (C=O) groups is 1. The van der Waals surface area contributed by atoms with Crippen molar-refractivity contribution in [3.63, 3.8) is 0 Å². The highest BCUT2D eigenvalue weighted by atomic mass is 16.5. The Bertz CT molecular complexity index is 347. The minimum atomic E-state index is -0.349. The molecule has 1 rings (SSSR count). The first-order valence-corrected chi connectivity index (χ1v) is 4.25. The maximum absolute atomic E-state index is 10.8. The van der Waals surface area contributed by atoms with E-state index in [1.165, 1.54) is 13.2 Å². The zero-order valence-electron chi connectivity index (χ0n) is 8.07. The second kappa shape index (κ2) is 5.02. The molecule has 0 heterocycles. The lowest BCUT2D eigenvalue weighted by molar-refractivity contribution is -0.134. The summed E-state index contributed by atoms with van der Waals surface area (Å²) in [5.74, 6) is -0.349.